The van der Waals surface area contributed by atoms with E-state index in [1.54, 1.807) is 0 Å². The fourth-order valence-corrected chi connectivity index (χ4v) is 1.31. The van der Waals surface area contributed by atoms with E-state index < -0.39 is 0 Å². The molecule has 1 aromatic heterocycles. The molecule has 1 heterocycles. The van der Waals surface area contributed by atoms with Gasteiger partial charge in [0.1, 0.15) is 5.69 Å². The van der Waals surface area contributed by atoms with Crippen LogP contribution in [0.15, 0.2) is 33.6 Å². The molecule has 1 aromatic carbocycles. The third kappa shape index (κ3) is 1.31. The summed E-state index contributed by atoms with van der Waals surface area (Å²) in [5.74, 6) is 0.402. The molecule has 0 fully saturated rings. The van der Waals surface area contributed by atoms with E-state index in [2.05, 4.69) is 5.16 Å². The van der Waals surface area contributed by atoms with Crippen molar-refractivity contribution in [3.05, 3.63) is 40.2 Å². The lowest BCUT2D eigenvalue weighted by Gasteiger charge is -1.97. The normalized spacial score (nSPS) is 10.4. The van der Waals surface area contributed by atoms with Crippen LogP contribution >= 0.6 is 0 Å². The van der Waals surface area contributed by atoms with Crippen molar-refractivity contribution in [2.75, 3.05) is 5.73 Å². The average Bonchev–Trinajstić information content (AvgIpc) is 2.48. The third-order valence-electron chi connectivity index (χ3n) is 2.02. The number of aromatic nitrogens is 1. The van der Waals surface area contributed by atoms with Crippen LogP contribution in [0.4, 0.5) is 5.69 Å². The Kier molecular flexibility index (Phi) is 1.89. The van der Waals surface area contributed by atoms with Crippen molar-refractivity contribution >= 4 is 5.69 Å². The number of aryl methyl sites for hydroxylation is 1. The van der Waals surface area contributed by atoms with Gasteiger partial charge in [0.25, 0.3) is 0 Å². The molecular formula is C10H10N2O2. The van der Waals surface area contributed by atoms with Crippen LogP contribution < -0.4 is 11.3 Å². The summed E-state index contributed by atoms with van der Waals surface area (Å²) in [5, 5.41) is 2.20. The Morgan fingerprint density at radius 3 is 2.79 bits per heavy atom. The lowest BCUT2D eigenvalue weighted by molar-refractivity contribution is 0.426. The number of H-pyrrole nitrogens is 1. The molecule has 72 valence electrons. The Labute approximate surface area is 80.3 Å². The summed E-state index contributed by atoms with van der Waals surface area (Å²) >= 11 is 0. The van der Waals surface area contributed by atoms with E-state index in [1.807, 2.05) is 31.2 Å². The number of nitrogen functional groups attached to an aromatic ring is 1. The molecule has 0 saturated heterocycles. The van der Waals surface area contributed by atoms with E-state index in [9.17, 15) is 4.79 Å². The monoisotopic (exact) mass is 190 g/mol. The number of anilines is 1. The maximum absolute atomic E-state index is 11.0. The number of hydrogen-bond donors (Lipinski definition) is 2. The first-order valence-corrected chi connectivity index (χ1v) is 4.22. The molecule has 0 bridgehead atoms. The molecule has 0 amide bonds. The van der Waals surface area contributed by atoms with Gasteiger partial charge in [-0.25, -0.2) is 0 Å². The zero-order chi connectivity index (χ0) is 10.1. The van der Waals surface area contributed by atoms with E-state index >= 15 is 0 Å². The zero-order valence-corrected chi connectivity index (χ0v) is 7.70. The van der Waals surface area contributed by atoms with Crippen LogP contribution in [0.3, 0.4) is 0 Å². The van der Waals surface area contributed by atoms with Crippen LogP contribution in [-0.2, 0) is 0 Å². The Balaban J connectivity index is 2.60. The van der Waals surface area contributed by atoms with Crippen LogP contribution in [0.5, 0.6) is 0 Å². The molecule has 0 atom stereocenters. The van der Waals surface area contributed by atoms with Crippen LogP contribution in [0, 0.1) is 6.92 Å². The Bertz CT molecular complexity index is 511. The molecule has 3 N–H and O–H groups in total. The highest BCUT2D eigenvalue weighted by molar-refractivity contribution is 5.70. The molecule has 0 spiro atoms. The first-order chi connectivity index (χ1) is 6.68. The number of aromatic amines is 1. The van der Waals surface area contributed by atoms with Crippen LogP contribution in [0.1, 0.15) is 5.56 Å². The smallest absolute Gasteiger partial charge is 0.303 e. The minimum Gasteiger partial charge on any atom is -0.391 e. The number of hydrogen-bond acceptors (Lipinski definition) is 3. The maximum atomic E-state index is 11.0. The zero-order valence-electron chi connectivity index (χ0n) is 7.70. The standard InChI is InChI=1S/C10H10N2O2/c1-6-3-2-4-7(5-6)9-8(11)10(13)12-14-9/h2-5H,11H2,1H3,(H,12,13). The fourth-order valence-electron chi connectivity index (χ4n) is 1.31. The first-order valence-electron chi connectivity index (χ1n) is 4.22. The third-order valence-corrected chi connectivity index (χ3v) is 2.02. The van der Waals surface area contributed by atoms with Gasteiger partial charge in [0, 0.05) is 5.56 Å². The Morgan fingerprint density at radius 2 is 2.21 bits per heavy atom. The lowest BCUT2D eigenvalue weighted by atomic mass is 10.1. The molecule has 0 saturated carbocycles. The second-order valence-electron chi connectivity index (χ2n) is 3.15. The van der Waals surface area contributed by atoms with Crippen molar-refractivity contribution in [1.82, 2.24) is 5.16 Å². The highest BCUT2D eigenvalue weighted by Crippen LogP contribution is 2.23. The number of rotatable bonds is 1. The molecule has 0 radical (unpaired) electrons. The van der Waals surface area contributed by atoms with Gasteiger partial charge >= 0.3 is 5.56 Å². The van der Waals surface area contributed by atoms with Gasteiger partial charge in [0.15, 0.2) is 5.76 Å². The van der Waals surface area contributed by atoms with Gasteiger partial charge in [-0.05, 0) is 13.0 Å². The molecule has 0 aliphatic carbocycles. The summed E-state index contributed by atoms with van der Waals surface area (Å²) in [6.45, 7) is 1.96. The number of nitrogens with two attached hydrogens (primary N) is 1. The average molecular weight is 190 g/mol. The highest BCUT2D eigenvalue weighted by Gasteiger charge is 2.10. The summed E-state index contributed by atoms with van der Waals surface area (Å²) in [7, 11) is 0. The molecular weight excluding hydrogens is 180 g/mol. The van der Waals surface area contributed by atoms with E-state index in [0.29, 0.717) is 5.76 Å². The number of nitrogens with one attached hydrogen (secondary N) is 1. The van der Waals surface area contributed by atoms with Crippen molar-refractivity contribution < 1.29 is 4.52 Å². The summed E-state index contributed by atoms with van der Waals surface area (Å²) in [6.07, 6.45) is 0. The van der Waals surface area contributed by atoms with Crippen molar-refractivity contribution in [3.8, 4) is 11.3 Å². The van der Waals surface area contributed by atoms with Gasteiger partial charge < -0.3 is 10.3 Å². The van der Waals surface area contributed by atoms with Crippen LogP contribution in [-0.4, -0.2) is 5.16 Å². The van der Waals surface area contributed by atoms with Crippen LogP contribution in [0.2, 0.25) is 0 Å². The maximum Gasteiger partial charge on any atom is 0.303 e. The summed E-state index contributed by atoms with van der Waals surface area (Å²) < 4.78 is 4.97. The Hall–Kier alpha value is -1.97. The second-order valence-corrected chi connectivity index (χ2v) is 3.15. The van der Waals surface area contributed by atoms with E-state index in [-0.39, 0.29) is 11.2 Å². The topological polar surface area (TPSA) is 72.0 Å². The van der Waals surface area contributed by atoms with E-state index in [0.717, 1.165) is 11.1 Å². The summed E-state index contributed by atoms with van der Waals surface area (Å²) in [6, 6.07) is 7.60. The van der Waals surface area contributed by atoms with Gasteiger partial charge in [-0.15, -0.1) is 0 Å². The summed E-state index contributed by atoms with van der Waals surface area (Å²) in [4.78, 5) is 11.0. The molecule has 4 heteroatoms. The molecule has 0 aliphatic rings. The van der Waals surface area contributed by atoms with Crippen molar-refractivity contribution in [2.45, 2.75) is 6.92 Å². The second kappa shape index (κ2) is 3.06. The van der Waals surface area contributed by atoms with Gasteiger partial charge in [-0.1, -0.05) is 23.8 Å². The molecule has 14 heavy (non-hydrogen) atoms. The van der Waals surface area contributed by atoms with Crippen molar-refractivity contribution in [1.29, 1.82) is 0 Å². The highest BCUT2D eigenvalue weighted by atomic mass is 16.5. The molecule has 2 rings (SSSR count). The van der Waals surface area contributed by atoms with E-state index in [4.69, 9.17) is 10.3 Å². The van der Waals surface area contributed by atoms with Gasteiger partial charge in [0.2, 0.25) is 0 Å². The van der Waals surface area contributed by atoms with Gasteiger partial charge in [-0.3, -0.25) is 4.79 Å². The van der Waals surface area contributed by atoms with Crippen molar-refractivity contribution in [3.63, 3.8) is 0 Å². The Morgan fingerprint density at radius 1 is 1.43 bits per heavy atom. The van der Waals surface area contributed by atoms with Gasteiger partial charge in [0.05, 0.1) is 0 Å². The molecule has 2 aromatic rings. The van der Waals surface area contributed by atoms with Crippen molar-refractivity contribution in [2.24, 2.45) is 0 Å². The minimum atomic E-state index is -0.387. The summed E-state index contributed by atoms with van der Waals surface area (Å²) in [5.41, 5.74) is 7.18. The number of benzene rings is 1. The van der Waals surface area contributed by atoms with E-state index in [1.165, 1.54) is 0 Å². The first kappa shape index (κ1) is 8.62. The quantitative estimate of drug-likeness (QED) is 0.716. The van der Waals surface area contributed by atoms with Gasteiger partial charge in [-0.2, -0.15) is 5.16 Å². The predicted octanol–water partition coefficient (Wildman–Crippen LogP) is 1.53. The molecule has 0 aliphatic heterocycles. The molecule has 4 nitrogen and oxygen atoms in total. The minimum absolute atomic E-state index is 0.121. The largest absolute Gasteiger partial charge is 0.391 e. The molecule has 0 unspecified atom stereocenters. The lowest BCUT2D eigenvalue weighted by Crippen LogP contribution is -2.04. The van der Waals surface area contributed by atoms with Crippen LogP contribution in [0.25, 0.3) is 11.3 Å². The predicted molar refractivity (Wildman–Crippen MR) is 53.9 cm³/mol. The fraction of sp³-hybridized carbons (Fsp3) is 0.100. The SMILES string of the molecule is Cc1cccc(-c2o[nH]c(=O)c2N)c1.